The number of benzene rings is 1. The van der Waals surface area contributed by atoms with Crippen molar-refractivity contribution in [2.24, 2.45) is 5.41 Å². The van der Waals surface area contributed by atoms with Crippen LogP contribution in [0.4, 0.5) is 5.69 Å². The Morgan fingerprint density at radius 3 is 2.62 bits per heavy atom. The van der Waals surface area contributed by atoms with Crippen molar-refractivity contribution in [3.05, 3.63) is 53.1 Å². The first-order chi connectivity index (χ1) is 13.9. The molecule has 4 rings (SSSR count). The molecule has 2 aliphatic rings. The first kappa shape index (κ1) is 19.0. The molecule has 0 saturated heterocycles. The molecule has 1 amide bonds. The van der Waals surface area contributed by atoms with Crippen molar-refractivity contribution in [1.29, 1.82) is 10.5 Å². The van der Waals surface area contributed by atoms with Crippen LogP contribution in [0.2, 0.25) is 0 Å². The lowest BCUT2D eigenvalue weighted by Gasteiger charge is -2.29. The molecule has 2 aromatic rings. The van der Waals surface area contributed by atoms with Crippen LogP contribution in [-0.2, 0) is 5.41 Å². The van der Waals surface area contributed by atoms with Crippen molar-refractivity contribution in [3.8, 4) is 12.1 Å². The zero-order chi connectivity index (χ0) is 20.6. The highest BCUT2D eigenvalue weighted by atomic mass is 16.2. The highest BCUT2D eigenvalue weighted by molar-refractivity contribution is 6.03. The van der Waals surface area contributed by atoms with Gasteiger partial charge in [0.25, 0.3) is 5.91 Å². The Kier molecular flexibility index (Phi) is 4.51. The number of aromatic nitrogens is 2. The van der Waals surface area contributed by atoms with Gasteiger partial charge in [-0.1, -0.05) is 26.0 Å². The van der Waals surface area contributed by atoms with Crippen LogP contribution in [0.3, 0.4) is 0 Å². The third-order valence-electron chi connectivity index (χ3n) is 6.01. The number of aromatic amines is 1. The lowest BCUT2D eigenvalue weighted by molar-refractivity contribution is 0.101. The second kappa shape index (κ2) is 6.90. The monoisotopic (exact) mass is 385 g/mol. The number of rotatable bonds is 4. The van der Waals surface area contributed by atoms with Gasteiger partial charge in [-0.3, -0.25) is 4.79 Å². The van der Waals surface area contributed by atoms with Crippen molar-refractivity contribution < 1.29 is 4.79 Å². The SMILES string of the molecule is CC1(C)CC=C(c2cc(C3(C#N)CC3)ccc2NC(=O)c2nc(C#N)c[nH]2)CC1. The van der Waals surface area contributed by atoms with Gasteiger partial charge in [0, 0.05) is 17.4 Å². The molecule has 0 unspecified atom stereocenters. The molecule has 29 heavy (non-hydrogen) atoms. The van der Waals surface area contributed by atoms with Crippen LogP contribution < -0.4 is 5.32 Å². The average molecular weight is 385 g/mol. The topological polar surface area (TPSA) is 105 Å². The molecule has 2 N–H and O–H groups in total. The Balaban J connectivity index is 1.69. The number of hydrogen-bond acceptors (Lipinski definition) is 4. The molecule has 0 radical (unpaired) electrons. The third-order valence-corrected chi connectivity index (χ3v) is 6.01. The van der Waals surface area contributed by atoms with E-state index in [2.05, 4.69) is 47.3 Å². The predicted molar refractivity (Wildman–Crippen MR) is 110 cm³/mol. The van der Waals surface area contributed by atoms with Crippen molar-refractivity contribution in [1.82, 2.24) is 9.97 Å². The minimum Gasteiger partial charge on any atom is -0.339 e. The van der Waals surface area contributed by atoms with Crippen LogP contribution in [0, 0.1) is 28.1 Å². The molecular formula is C23H23N5O. The maximum absolute atomic E-state index is 12.6. The second-order valence-corrected chi connectivity index (χ2v) is 8.75. The number of amides is 1. The molecule has 1 fully saturated rings. The Labute approximate surface area is 170 Å². The zero-order valence-electron chi connectivity index (χ0n) is 16.7. The number of carbonyl (C=O) groups is 1. The van der Waals surface area contributed by atoms with Gasteiger partial charge in [0.15, 0.2) is 11.5 Å². The van der Waals surface area contributed by atoms with Crippen LogP contribution in [0.15, 0.2) is 30.5 Å². The molecule has 0 aliphatic heterocycles. The molecule has 0 bridgehead atoms. The minimum absolute atomic E-state index is 0.103. The van der Waals surface area contributed by atoms with E-state index in [1.807, 2.05) is 18.2 Å². The summed E-state index contributed by atoms with van der Waals surface area (Å²) >= 11 is 0. The molecule has 0 atom stereocenters. The lowest BCUT2D eigenvalue weighted by atomic mass is 9.76. The van der Waals surface area contributed by atoms with E-state index in [0.717, 1.165) is 43.2 Å². The van der Waals surface area contributed by atoms with Crippen LogP contribution in [0.5, 0.6) is 0 Å². The number of hydrogen-bond donors (Lipinski definition) is 2. The smallest absolute Gasteiger partial charge is 0.291 e. The predicted octanol–water partition coefficient (Wildman–Crippen LogP) is 4.68. The summed E-state index contributed by atoms with van der Waals surface area (Å²) < 4.78 is 0. The Bertz CT molecular complexity index is 1090. The highest BCUT2D eigenvalue weighted by Crippen LogP contribution is 2.49. The van der Waals surface area contributed by atoms with Gasteiger partial charge < -0.3 is 10.3 Å². The molecule has 0 spiro atoms. The largest absolute Gasteiger partial charge is 0.339 e. The standard InChI is InChI=1S/C23H23N5O/c1-22(2)7-5-15(6-8-22)18-11-16(23(14-25)9-10-23)3-4-19(18)28-21(29)20-26-13-17(12-24)27-20/h3-5,11,13H,6-10H2,1-2H3,(H,26,27)(H,28,29). The third kappa shape index (κ3) is 3.67. The van der Waals surface area contributed by atoms with Gasteiger partial charge in [0.1, 0.15) is 6.07 Å². The first-order valence-corrected chi connectivity index (χ1v) is 9.88. The van der Waals surface area contributed by atoms with Crippen LogP contribution >= 0.6 is 0 Å². The van der Waals surface area contributed by atoms with Gasteiger partial charge in [0.05, 0.1) is 11.5 Å². The number of anilines is 1. The van der Waals surface area contributed by atoms with Crippen molar-refractivity contribution in [2.75, 3.05) is 5.32 Å². The average Bonchev–Trinajstić information content (AvgIpc) is 3.36. The minimum atomic E-state index is -0.390. The molecule has 6 heteroatoms. The molecule has 1 aromatic carbocycles. The highest BCUT2D eigenvalue weighted by Gasteiger charge is 2.45. The molecule has 1 saturated carbocycles. The summed E-state index contributed by atoms with van der Waals surface area (Å²) in [6.07, 6.45) is 8.41. The van der Waals surface area contributed by atoms with Crippen LogP contribution in [-0.4, -0.2) is 15.9 Å². The summed E-state index contributed by atoms with van der Waals surface area (Å²) in [6, 6.07) is 10.3. The number of nitrogens with zero attached hydrogens (tertiary/aromatic N) is 3. The molecule has 6 nitrogen and oxygen atoms in total. The fourth-order valence-electron chi connectivity index (χ4n) is 3.80. The van der Waals surface area contributed by atoms with E-state index in [0.29, 0.717) is 5.69 Å². The quantitative estimate of drug-likeness (QED) is 0.797. The van der Waals surface area contributed by atoms with Crippen molar-refractivity contribution in [2.45, 2.75) is 51.4 Å². The summed E-state index contributed by atoms with van der Waals surface area (Å²) in [7, 11) is 0. The number of carbonyl (C=O) groups excluding carboxylic acids is 1. The summed E-state index contributed by atoms with van der Waals surface area (Å²) in [5.41, 5.74) is 3.96. The lowest BCUT2D eigenvalue weighted by Crippen LogP contribution is -2.17. The normalized spacial score (nSPS) is 18.8. The molecule has 1 heterocycles. The second-order valence-electron chi connectivity index (χ2n) is 8.75. The summed E-state index contributed by atoms with van der Waals surface area (Å²) in [5, 5.41) is 21.4. The van der Waals surface area contributed by atoms with Gasteiger partial charge in [-0.2, -0.15) is 10.5 Å². The van der Waals surface area contributed by atoms with Gasteiger partial charge >= 0.3 is 0 Å². The van der Waals surface area contributed by atoms with Gasteiger partial charge in [-0.05, 0) is 60.8 Å². The van der Waals surface area contributed by atoms with Crippen molar-refractivity contribution in [3.63, 3.8) is 0 Å². The Morgan fingerprint density at radius 2 is 2.03 bits per heavy atom. The fraction of sp³-hybridized carbons (Fsp3) is 0.391. The van der Waals surface area contributed by atoms with E-state index >= 15 is 0 Å². The number of nitrogens with one attached hydrogen (secondary N) is 2. The maximum Gasteiger partial charge on any atom is 0.291 e. The molecule has 146 valence electrons. The summed E-state index contributed by atoms with van der Waals surface area (Å²) in [6.45, 7) is 4.52. The van der Waals surface area contributed by atoms with E-state index in [4.69, 9.17) is 5.26 Å². The first-order valence-electron chi connectivity index (χ1n) is 9.88. The zero-order valence-corrected chi connectivity index (χ0v) is 16.7. The Hall–Kier alpha value is -3.38. The molecule has 1 aromatic heterocycles. The van der Waals surface area contributed by atoms with Crippen LogP contribution in [0.25, 0.3) is 5.57 Å². The van der Waals surface area contributed by atoms with Gasteiger partial charge in [-0.15, -0.1) is 0 Å². The Morgan fingerprint density at radius 1 is 1.24 bits per heavy atom. The van der Waals surface area contributed by atoms with Crippen LogP contribution in [0.1, 0.15) is 73.4 Å². The van der Waals surface area contributed by atoms with E-state index < -0.39 is 5.91 Å². The number of nitriles is 2. The van der Waals surface area contributed by atoms with E-state index in [1.165, 1.54) is 11.8 Å². The number of imidazole rings is 1. The maximum atomic E-state index is 12.6. The van der Waals surface area contributed by atoms with Crippen molar-refractivity contribution >= 4 is 17.2 Å². The van der Waals surface area contributed by atoms with Gasteiger partial charge in [-0.25, -0.2) is 4.98 Å². The fourth-order valence-corrected chi connectivity index (χ4v) is 3.80. The summed E-state index contributed by atoms with van der Waals surface area (Å²) in [4.78, 5) is 19.4. The number of allylic oxidation sites excluding steroid dienone is 2. The van der Waals surface area contributed by atoms with E-state index in [9.17, 15) is 10.1 Å². The van der Waals surface area contributed by atoms with E-state index in [1.54, 1.807) is 0 Å². The van der Waals surface area contributed by atoms with E-state index in [-0.39, 0.29) is 22.3 Å². The van der Waals surface area contributed by atoms with Gasteiger partial charge in [0.2, 0.25) is 0 Å². The molecule has 2 aliphatic carbocycles. The summed E-state index contributed by atoms with van der Waals surface area (Å²) in [5.74, 6) is -0.287. The number of H-pyrrole nitrogens is 1. The molecular weight excluding hydrogens is 362 g/mol.